The number of hydrogen-bond acceptors (Lipinski definition) is 2. The lowest BCUT2D eigenvalue weighted by Gasteiger charge is -2.46. The molecule has 0 bridgehead atoms. The average molecular weight is 156 g/mol. The van der Waals surface area contributed by atoms with Gasteiger partial charge in [-0.15, -0.1) is 6.58 Å². The van der Waals surface area contributed by atoms with Crippen molar-refractivity contribution >= 4 is 0 Å². The van der Waals surface area contributed by atoms with E-state index in [1.165, 1.54) is 0 Å². The predicted octanol–water partition coefficient (Wildman–Crippen LogP) is 1.76. The first-order valence-corrected chi connectivity index (χ1v) is 4.11. The fourth-order valence-corrected chi connectivity index (χ4v) is 1.31. The van der Waals surface area contributed by atoms with Crippen LogP contribution in [0, 0.1) is 0 Å². The van der Waals surface area contributed by atoms with Crippen molar-refractivity contribution in [2.75, 3.05) is 13.2 Å². The van der Waals surface area contributed by atoms with Gasteiger partial charge in [0, 0.05) is 0 Å². The van der Waals surface area contributed by atoms with Crippen LogP contribution < -0.4 is 0 Å². The smallest absolute Gasteiger partial charge is 0.117 e. The van der Waals surface area contributed by atoms with E-state index in [0.717, 1.165) is 13.0 Å². The molecule has 0 aromatic rings. The fourth-order valence-electron chi connectivity index (χ4n) is 1.31. The highest BCUT2D eigenvalue weighted by molar-refractivity contribution is 4.94. The number of hydrogen-bond donors (Lipinski definition) is 0. The minimum atomic E-state index is -0.0197. The molecule has 0 aromatic carbocycles. The van der Waals surface area contributed by atoms with Crippen molar-refractivity contribution in [3.63, 3.8) is 0 Å². The Morgan fingerprint density at radius 2 is 2.55 bits per heavy atom. The van der Waals surface area contributed by atoms with Crippen molar-refractivity contribution < 1.29 is 9.47 Å². The van der Waals surface area contributed by atoms with Gasteiger partial charge in [0.15, 0.2) is 0 Å². The molecule has 64 valence electrons. The standard InChI is InChI=1S/C9H16O2/c1-4-6-11-9(5-2)7-10-8(9)3/h4,8H,1,5-7H2,2-3H3. The van der Waals surface area contributed by atoms with Crippen molar-refractivity contribution in [1.82, 2.24) is 0 Å². The summed E-state index contributed by atoms with van der Waals surface area (Å²) in [5.41, 5.74) is -0.0197. The SMILES string of the molecule is C=CCOC1(CC)COC1C. The van der Waals surface area contributed by atoms with Gasteiger partial charge in [-0.25, -0.2) is 0 Å². The first kappa shape index (κ1) is 8.75. The third-order valence-electron chi connectivity index (χ3n) is 2.41. The van der Waals surface area contributed by atoms with Gasteiger partial charge < -0.3 is 9.47 Å². The predicted molar refractivity (Wildman–Crippen MR) is 44.6 cm³/mol. The van der Waals surface area contributed by atoms with E-state index in [2.05, 4.69) is 20.4 Å². The lowest BCUT2D eigenvalue weighted by atomic mass is 9.90. The highest BCUT2D eigenvalue weighted by atomic mass is 16.6. The quantitative estimate of drug-likeness (QED) is 0.577. The molecule has 0 saturated carbocycles. The molecule has 1 fully saturated rings. The summed E-state index contributed by atoms with van der Waals surface area (Å²) in [5.74, 6) is 0. The van der Waals surface area contributed by atoms with E-state index in [9.17, 15) is 0 Å². The van der Waals surface area contributed by atoms with Crippen LogP contribution in [0.15, 0.2) is 12.7 Å². The van der Waals surface area contributed by atoms with E-state index in [0.29, 0.717) is 6.61 Å². The normalized spacial score (nSPS) is 36.4. The first-order chi connectivity index (χ1) is 5.25. The van der Waals surface area contributed by atoms with Crippen LogP contribution >= 0.6 is 0 Å². The van der Waals surface area contributed by atoms with Crippen LogP contribution in [0.3, 0.4) is 0 Å². The van der Waals surface area contributed by atoms with Crippen LogP contribution in [0.5, 0.6) is 0 Å². The van der Waals surface area contributed by atoms with Gasteiger partial charge in [0.25, 0.3) is 0 Å². The van der Waals surface area contributed by atoms with Gasteiger partial charge in [-0.05, 0) is 13.3 Å². The summed E-state index contributed by atoms with van der Waals surface area (Å²) in [7, 11) is 0. The van der Waals surface area contributed by atoms with Gasteiger partial charge in [-0.1, -0.05) is 13.0 Å². The van der Waals surface area contributed by atoms with Crippen LogP contribution in [0.2, 0.25) is 0 Å². The van der Waals surface area contributed by atoms with Gasteiger partial charge in [0.1, 0.15) is 5.60 Å². The topological polar surface area (TPSA) is 18.5 Å². The molecule has 2 nitrogen and oxygen atoms in total. The second-order valence-corrected chi connectivity index (χ2v) is 2.97. The molecule has 0 N–H and O–H groups in total. The molecule has 0 amide bonds. The maximum absolute atomic E-state index is 5.63. The molecule has 0 spiro atoms. The van der Waals surface area contributed by atoms with E-state index in [1.54, 1.807) is 6.08 Å². The molecule has 11 heavy (non-hydrogen) atoms. The molecule has 1 heterocycles. The minimum absolute atomic E-state index is 0.0197. The van der Waals surface area contributed by atoms with Crippen molar-refractivity contribution in [3.05, 3.63) is 12.7 Å². The molecule has 1 saturated heterocycles. The zero-order valence-electron chi connectivity index (χ0n) is 7.30. The molecule has 1 rings (SSSR count). The van der Waals surface area contributed by atoms with Crippen molar-refractivity contribution in [2.45, 2.75) is 32.0 Å². The summed E-state index contributed by atoms with van der Waals surface area (Å²) < 4.78 is 10.9. The minimum Gasteiger partial charge on any atom is -0.372 e. The van der Waals surface area contributed by atoms with E-state index in [1.807, 2.05) is 0 Å². The third kappa shape index (κ3) is 1.47. The van der Waals surface area contributed by atoms with E-state index in [-0.39, 0.29) is 11.7 Å². The highest BCUT2D eigenvalue weighted by Crippen LogP contribution is 2.32. The van der Waals surface area contributed by atoms with Gasteiger partial charge in [0.2, 0.25) is 0 Å². The Morgan fingerprint density at radius 1 is 1.82 bits per heavy atom. The van der Waals surface area contributed by atoms with Crippen LogP contribution in [0.25, 0.3) is 0 Å². The van der Waals surface area contributed by atoms with Gasteiger partial charge in [0.05, 0.1) is 19.3 Å². The van der Waals surface area contributed by atoms with Crippen LogP contribution in [0.1, 0.15) is 20.3 Å². The fraction of sp³-hybridized carbons (Fsp3) is 0.778. The summed E-state index contributed by atoms with van der Waals surface area (Å²) in [6.45, 7) is 9.16. The largest absolute Gasteiger partial charge is 0.372 e. The first-order valence-electron chi connectivity index (χ1n) is 4.11. The molecule has 2 unspecified atom stereocenters. The second-order valence-electron chi connectivity index (χ2n) is 2.97. The molecular weight excluding hydrogens is 140 g/mol. The summed E-state index contributed by atoms with van der Waals surface area (Å²) in [6.07, 6.45) is 3.04. The Bertz CT molecular complexity index is 140. The van der Waals surface area contributed by atoms with Gasteiger partial charge >= 0.3 is 0 Å². The summed E-state index contributed by atoms with van der Waals surface area (Å²) in [5, 5.41) is 0. The molecule has 1 aliphatic rings. The Kier molecular flexibility index (Phi) is 2.68. The third-order valence-corrected chi connectivity index (χ3v) is 2.41. The summed E-state index contributed by atoms with van der Waals surface area (Å²) in [4.78, 5) is 0. The molecule has 0 aliphatic carbocycles. The maximum atomic E-state index is 5.63. The Hall–Kier alpha value is -0.340. The Labute approximate surface area is 68.2 Å². The van der Waals surface area contributed by atoms with Gasteiger partial charge in [-0.3, -0.25) is 0 Å². The second kappa shape index (κ2) is 3.37. The average Bonchev–Trinajstić information content (AvgIpc) is 2.04. The molecule has 2 heteroatoms. The van der Waals surface area contributed by atoms with Crippen LogP contribution in [0.4, 0.5) is 0 Å². The Balaban J connectivity index is 2.40. The lowest BCUT2D eigenvalue weighted by Crippen LogP contribution is -2.58. The number of rotatable bonds is 4. The zero-order valence-corrected chi connectivity index (χ0v) is 7.30. The molecule has 0 radical (unpaired) electrons. The van der Waals surface area contributed by atoms with E-state index in [4.69, 9.17) is 9.47 Å². The van der Waals surface area contributed by atoms with Crippen molar-refractivity contribution in [3.8, 4) is 0 Å². The summed E-state index contributed by atoms with van der Waals surface area (Å²) in [6, 6.07) is 0. The number of ether oxygens (including phenoxy) is 2. The maximum Gasteiger partial charge on any atom is 0.117 e. The molecular formula is C9H16O2. The van der Waals surface area contributed by atoms with E-state index < -0.39 is 0 Å². The monoisotopic (exact) mass is 156 g/mol. The van der Waals surface area contributed by atoms with Crippen molar-refractivity contribution in [1.29, 1.82) is 0 Å². The Morgan fingerprint density at radius 3 is 2.82 bits per heavy atom. The molecule has 2 atom stereocenters. The zero-order chi connectivity index (χ0) is 8.32. The molecule has 1 aliphatic heterocycles. The molecule has 0 aromatic heterocycles. The van der Waals surface area contributed by atoms with Gasteiger partial charge in [-0.2, -0.15) is 0 Å². The van der Waals surface area contributed by atoms with Crippen LogP contribution in [-0.4, -0.2) is 24.9 Å². The lowest BCUT2D eigenvalue weighted by molar-refractivity contribution is -0.251. The van der Waals surface area contributed by atoms with E-state index >= 15 is 0 Å². The van der Waals surface area contributed by atoms with Crippen LogP contribution in [-0.2, 0) is 9.47 Å². The summed E-state index contributed by atoms with van der Waals surface area (Å²) >= 11 is 0. The van der Waals surface area contributed by atoms with Crippen molar-refractivity contribution in [2.24, 2.45) is 0 Å². The highest BCUT2D eigenvalue weighted by Gasteiger charge is 2.45.